The van der Waals surface area contributed by atoms with Gasteiger partial charge in [0.05, 0.1) is 13.2 Å². The van der Waals surface area contributed by atoms with Crippen LogP contribution in [0.4, 0.5) is 5.82 Å². The maximum atomic E-state index is 13.0. The summed E-state index contributed by atoms with van der Waals surface area (Å²) >= 11 is 0. The van der Waals surface area contributed by atoms with E-state index in [4.69, 9.17) is 14.2 Å². The highest BCUT2D eigenvalue weighted by atomic mass is 16.7. The zero-order chi connectivity index (χ0) is 18.5. The second kappa shape index (κ2) is 8.56. The second-order valence-electron chi connectivity index (χ2n) is 6.39. The van der Waals surface area contributed by atoms with Crippen molar-refractivity contribution in [3.05, 3.63) is 22.1 Å². The lowest BCUT2D eigenvalue weighted by Gasteiger charge is -2.32. The Morgan fingerprint density at radius 1 is 1.42 bits per heavy atom. The fraction of sp³-hybridized carbons (Fsp3) is 0.750. The van der Waals surface area contributed by atoms with Crippen molar-refractivity contribution in [3.63, 3.8) is 0 Å². The fourth-order valence-electron chi connectivity index (χ4n) is 3.16. The number of aryl methyl sites for hydroxylation is 1. The van der Waals surface area contributed by atoms with Crippen LogP contribution in [0.15, 0.2) is 6.20 Å². The van der Waals surface area contributed by atoms with Gasteiger partial charge in [-0.3, -0.25) is 4.79 Å². The van der Waals surface area contributed by atoms with E-state index in [1.165, 1.54) is 10.8 Å². The molecule has 2 saturated heterocycles. The van der Waals surface area contributed by atoms with E-state index in [9.17, 15) is 14.9 Å². The van der Waals surface area contributed by atoms with Gasteiger partial charge in [0.2, 0.25) is 0 Å². The number of hydrogen-bond acceptors (Lipinski definition) is 7. The van der Waals surface area contributed by atoms with Crippen LogP contribution >= 0.6 is 0 Å². The van der Waals surface area contributed by atoms with Gasteiger partial charge >= 0.3 is 5.82 Å². The van der Waals surface area contributed by atoms with E-state index in [0.29, 0.717) is 45.2 Å². The van der Waals surface area contributed by atoms with E-state index in [1.807, 2.05) is 0 Å². The Labute approximate surface area is 151 Å². The first-order valence-corrected chi connectivity index (χ1v) is 8.86. The molecule has 0 aromatic carbocycles. The minimum atomic E-state index is -0.872. The zero-order valence-corrected chi connectivity index (χ0v) is 14.8. The van der Waals surface area contributed by atoms with Crippen molar-refractivity contribution in [2.45, 2.75) is 45.1 Å². The maximum Gasteiger partial charge on any atom is 0.342 e. The maximum absolute atomic E-state index is 13.0. The minimum Gasteiger partial charge on any atom is -0.378 e. The summed E-state index contributed by atoms with van der Waals surface area (Å²) in [7, 11) is 0. The van der Waals surface area contributed by atoms with Crippen LogP contribution in [0, 0.1) is 17.0 Å². The van der Waals surface area contributed by atoms with Crippen LogP contribution in [0.5, 0.6) is 0 Å². The molecule has 0 bridgehead atoms. The second-order valence-corrected chi connectivity index (χ2v) is 6.39. The third kappa shape index (κ3) is 4.37. The van der Waals surface area contributed by atoms with Crippen LogP contribution in [-0.4, -0.2) is 70.6 Å². The number of hydrogen-bond donors (Lipinski definition) is 0. The van der Waals surface area contributed by atoms with Gasteiger partial charge in [-0.2, -0.15) is 0 Å². The molecule has 10 heteroatoms. The van der Waals surface area contributed by atoms with Crippen LogP contribution in [-0.2, 0) is 25.5 Å². The molecule has 2 atom stereocenters. The molecular weight excluding hydrogens is 344 g/mol. The predicted molar refractivity (Wildman–Crippen MR) is 89.5 cm³/mol. The Balaban J connectivity index is 1.78. The standard InChI is InChI=1S/C16H24N4O6/c1-12-17-10-14(20(22)23)19(12)11-13(26-15-4-2-3-7-25-15)16(21)18-5-8-24-9-6-18/h10,13,15H,2-9,11H2,1H3. The molecule has 3 rings (SSSR count). The lowest BCUT2D eigenvalue weighted by Crippen LogP contribution is -2.49. The first-order chi connectivity index (χ1) is 12.6. The Hall–Kier alpha value is -2.04. The summed E-state index contributed by atoms with van der Waals surface area (Å²) in [4.78, 5) is 29.4. The van der Waals surface area contributed by atoms with Crippen molar-refractivity contribution in [2.24, 2.45) is 0 Å². The number of carbonyl (C=O) groups is 1. The molecule has 1 aromatic heterocycles. The third-order valence-corrected chi connectivity index (χ3v) is 4.62. The summed E-state index contributed by atoms with van der Waals surface area (Å²) in [5.74, 6) is 0.102. The summed E-state index contributed by atoms with van der Waals surface area (Å²) in [6.45, 7) is 4.20. The van der Waals surface area contributed by atoms with Gasteiger partial charge < -0.3 is 29.2 Å². The topological polar surface area (TPSA) is 109 Å². The molecule has 2 unspecified atom stereocenters. The van der Waals surface area contributed by atoms with E-state index in [-0.39, 0.29) is 18.3 Å². The van der Waals surface area contributed by atoms with Gasteiger partial charge in [-0.1, -0.05) is 0 Å². The average Bonchev–Trinajstić information content (AvgIpc) is 3.03. The number of nitro groups is 1. The monoisotopic (exact) mass is 368 g/mol. The summed E-state index contributed by atoms with van der Waals surface area (Å²) in [6, 6.07) is 0. The molecular formula is C16H24N4O6. The lowest BCUT2D eigenvalue weighted by atomic mass is 10.2. The summed E-state index contributed by atoms with van der Waals surface area (Å²) in [5.41, 5.74) is 0. The lowest BCUT2D eigenvalue weighted by molar-refractivity contribution is -0.392. The molecule has 10 nitrogen and oxygen atoms in total. The molecule has 0 saturated carbocycles. The largest absolute Gasteiger partial charge is 0.378 e. The van der Waals surface area contributed by atoms with Crippen molar-refractivity contribution in [3.8, 4) is 0 Å². The zero-order valence-electron chi connectivity index (χ0n) is 14.8. The molecule has 1 aromatic rings. The quantitative estimate of drug-likeness (QED) is 0.541. The summed E-state index contributed by atoms with van der Waals surface area (Å²) < 4.78 is 18.2. The molecule has 26 heavy (non-hydrogen) atoms. The van der Waals surface area contributed by atoms with E-state index >= 15 is 0 Å². The molecule has 2 aliphatic rings. The third-order valence-electron chi connectivity index (χ3n) is 4.62. The van der Waals surface area contributed by atoms with E-state index in [0.717, 1.165) is 12.8 Å². The van der Waals surface area contributed by atoms with Gasteiger partial charge in [0, 0.05) is 26.6 Å². The van der Waals surface area contributed by atoms with Gasteiger partial charge in [-0.05, 0) is 24.2 Å². The molecule has 144 valence electrons. The Bertz CT molecular complexity index is 637. The van der Waals surface area contributed by atoms with Crippen LogP contribution in [0.25, 0.3) is 0 Å². The molecule has 2 aliphatic heterocycles. The summed E-state index contributed by atoms with van der Waals surface area (Å²) in [6.07, 6.45) is 2.49. The number of rotatable bonds is 6. The molecule has 1 amide bonds. The van der Waals surface area contributed by atoms with Crippen LogP contribution in [0.1, 0.15) is 25.1 Å². The number of aromatic nitrogens is 2. The first kappa shape index (κ1) is 18.7. The van der Waals surface area contributed by atoms with Gasteiger partial charge in [0.15, 0.2) is 18.2 Å². The van der Waals surface area contributed by atoms with E-state index < -0.39 is 17.3 Å². The van der Waals surface area contributed by atoms with Crippen LogP contribution in [0.3, 0.4) is 0 Å². The summed E-state index contributed by atoms with van der Waals surface area (Å²) in [5, 5.41) is 11.2. The average molecular weight is 368 g/mol. The highest BCUT2D eigenvalue weighted by molar-refractivity contribution is 5.81. The SMILES string of the molecule is Cc1ncc([N+](=O)[O-])n1CC(OC1CCCCO1)C(=O)N1CCOCC1. The number of morpholine rings is 1. The Kier molecular flexibility index (Phi) is 6.17. The van der Waals surface area contributed by atoms with Crippen LogP contribution in [0.2, 0.25) is 0 Å². The molecule has 0 N–H and O–H groups in total. The Morgan fingerprint density at radius 3 is 2.85 bits per heavy atom. The first-order valence-electron chi connectivity index (χ1n) is 8.86. The minimum absolute atomic E-state index is 0.0260. The van der Waals surface area contributed by atoms with Crippen molar-refractivity contribution in [1.82, 2.24) is 14.5 Å². The number of ether oxygens (including phenoxy) is 3. The van der Waals surface area contributed by atoms with Crippen molar-refractivity contribution < 1.29 is 23.9 Å². The van der Waals surface area contributed by atoms with Crippen LogP contribution < -0.4 is 0 Å². The van der Waals surface area contributed by atoms with E-state index in [1.54, 1.807) is 11.8 Å². The van der Waals surface area contributed by atoms with Crippen molar-refractivity contribution in [2.75, 3.05) is 32.9 Å². The smallest absolute Gasteiger partial charge is 0.342 e. The normalized spacial score (nSPS) is 22.2. The number of imidazole rings is 1. The fourth-order valence-corrected chi connectivity index (χ4v) is 3.16. The number of amides is 1. The van der Waals surface area contributed by atoms with Crippen molar-refractivity contribution >= 4 is 11.7 Å². The van der Waals surface area contributed by atoms with Gasteiger partial charge in [-0.25, -0.2) is 9.55 Å². The molecule has 0 spiro atoms. The number of carbonyl (C=O) groups excluding carboxylic acids is 1. The van der Waals surface area contributed by atoms with Crippen molar-refractivity contribution in [1.29, 1.82) is 0 Å². The van der Waals surface area contributed by atoms with Gasteiger partial charge in [0.1, 0.15) is 12.7 Å². The Morgan fingerprint density at radius 2 is 2.19 bits per heavy atom. The molecule has 0 aliphatic carbocycles. The predicted octanol–water partition coefficient (Wildman–Crippen LogP) is 0.870. The van der Waals surface area contributed by atoms with E-state index in [2.05, 4.69) is 4.98 Å². The van der Waals surface area contributed by atoms with Gasteiger partial charge in [-0.15, -0.1) is 0 Å². The molecule has 2 fully saturated rings. The molecule has 3 heterocycles. The van der Waals surface area contributed by atoms with Gasteiger partial charge in [0.25, 0.3) is 5.91 Å². The highest BCUT2D eigenvalue weighted by Gasteiger charge is 2.34. The highest BCUT2D eigenvalue weighted by Crippen LogP contribution is 2.20. The number of nitrogens with zero attached hydrogens (tertiary/aromatic N) is 4. The molecule has 0 radical (unpaired) electrons.